The van der Waals surface area contributed by atoms with Gasteiger partial charge in [-0.25, -0.2) is 4.68 Å². The van der Waals surface area contributed by atoms with Crippen molar-refractivity contribution in [2.45, 2.75) is 58.5 Å². The van der Waals surface area contributed by atoms with E-state index in [1.165, 1.54) is 6.92 Å². The summed E-state index contributed by atoms with van der Waals surface area (Å²) in [4.78, 5) is 38.9. The number of ketones is 2. The second-order valence-corrected chi connectivity index (χ2v) is 10.2. The fourth-order valence-corrected chi connectivity index (χ4v) is 5.08. The first kappa shape index (κ1) is 27.1. The summed E-state index contributed by atoms with van der Waals surface area (Å²) in [6.07, 6.45) is 2.16. The van der Waals surface area contributed by atoms with Crippen LogP contribution in [0.2, 0.25) is 0 Å². The number of nitrogens with zero attached hydrogens (tertiary/aromatic N) is 4. The predicted molar refractivity (Wildman–Crippen MR) is 155 cm³/mol. The average molecular weight is 536 g/mol. The number of carbonyl (C=O) groups is 3. The standard InChI is InChI=1S/C32H33N5O3/c1-3-25(39)10-8-14-30(40)36-20-23-9-4-5-11-26(23)31-32(27-12-6-7-13-29(27)36)37(35-34-31)24-17-15-22(16-18-24)19-28(33)21(2)38/h4-7,9,11-13,15-18,28H,3,8,10,14,19-20,33H2,1-2H3. The topological polar surface area (TPSA) is 111 Å². The van der Waals surface area contributed by atoms with Gasteiger partial charge in [0, 0.05) is 30.4 Å². The van der Waals surface area contributed by atoms with Crippen LogP contribution in [0.1, 0.15) is 50.7 Å². The van der Waals surface area contributed by atoms with Crippen molar-refractivity contribution in [3.8, 4) is 28.2 Å². The summed E-state index contributed by atoms with van der Waals surface area (Å²) >= 11 is 0. The number of anilines is 1. The van der Waals surface area contributed by atoms with Crippen LogP contribution < -0.4 is 10.6 Å². The number of rotatable bonds is 9. The monoisotopic (exact) mass is 535 g/mol. The molecular weight excluding hydrogens is 502 g/mol. The molecule has 4 aromatic rings. The van der Waals surface area contributed by atoms with Gasteiger partial charge in [-0.3, -0.25) is 14.4 Å². The zero-order valence-electron chi connectivity index (χ0n) is 22.8. The fraction of sp³-hybridized carbons (Fsp3) is 0.281. The Balaban J connectivity index is 1.59. The van der Waals surface area contributed by atoms with Crippen molar-refractivity contribution in [2.75, 3.05) is 4.90 Å². The summed E-state index contributed by atoms with van der Waals surface area (Å²) in [6, 6.07) is 23.0. The Morgan fingerprint density at radius 1 is 0.925 bits per heavy atom. The molecule has 0 aliphatic carbocycles. The Hall–Kier alpha value is -4.43. The molecule has 1 aromatic heterocycles. The highest BCUT2D eigenvalue weighted by Gasteiger charge is 2.29. The van der Waals surface area contributed by atoms with Gasteiger partial charge in [-0.05, 0) is 49.1 Å². The molecule has 1 unspecified atom stereocenters. The Labute approximate surface area is 233 Å². The molecule has 0 fully saturated rings. The lowest BCUT2D eigenvalue weighted by Gasteiger charge is -2.29. The van der Waals surface area contributed by atoms with Gasteiger partial charge >= 0.3 is 0 Å². The predicted octanol–water partition coefficient (Wildman–Crippen LogP) is 5.06. The number of hydrogen-bond acceptors (Lipinski definition) is 6. The number of carbonyl (C=O) groups excluding carboxylic acids is 3. The average Bonchev–Trinajstić information content (AvgIpc) is 3.39. The van der Waals surface area contributed by atoms with Crippen molar-refractivity contribution in [1.29, 1.82) is 0 Å². The van der Waals surface area contributed by atoms with Gasteiger partial charge in [-0.2, -0.15) is 0 Å². The molecule has 1 atom stereocenters. The lowest BCUT2D eigenvalue weighted by Crippen LogP contribution is -2.31. The van der Waals surface area contributed by atoms with E-state index in [1.54, 1.807) is 4.68 Å². The van der Waals surface area contributed by atoms with Crippen LogP contribution >= 0.6 is 0 Å². The molecule has 0 saturated carbocycles. The third kappa shape index (κ3) is 5.49. The van der Waals surface area contributed by atoms with Gasteiger partial charge in [0.2, 0.25) is 5.91 Å². The van der Waals surface area contributed by atoms with Crippen molar-refractivity contribution in [2.24, 2.45) is 5.73 Å². The highest BCUT2D eigenvalue weighted by atomic mass is 16.2. The van der Waals surface area contributed by atoms with Crippen molar-refractivity contribution < 1.29 is 14.4 Å². The van der Waals surface area contributed by atoms with Crippen LogP contribution in [0.5, 0.6) is 0 Å². The van der Waals surface area contributed by atoms with Crippen LogP contribution in [-0.2, 0) is 27.3 Å². The number of Topliss-reactive ketones (excluding diaryl/α,β-unsaturated/α-hetero) is 2. The van der Waals surface area contributed by atoms with Gasteiger partial charge in [0.15, 0.2) is 0 Å². The molecule has 1 aliphatic rings. The molecule has 5 rings (SSSR count). The van der Waals surface area contributed by atoms with Crippen LogP contribution in [-0.4, -0.2) is 38.5 Å². The zero-order valence-corrected chi connectivity index (χ0v) is 22.8. The molecule has 0 radical (unpaired) electrons. The Morgan fingerprint density at radius 3 is 2.35 bits per heavy atom. The maximum Gasteiger partial charge on any atom is 0.227 e. The van der Waals surface area contributed by atoms with Crippen molar-refractivity contribution in [1.82, 2.24) is 15.0 Å². The minimum atomic E-state index is -0.538. The molecule has 40 heavy (non-hydrogen) atoms. The Bertz CT molecular complexity index is 1560. The largest absolute Gasteiger partial charge is 0.321 e. The number of amides is 1. The summed E-state index contributed by atoms with van der Waals surface area (Å²) in [5, 5.41) is 9.19. The zero-order chi connectivity index (χ0) is 28.2. The highest BCUT2D eigenvalue weighted by Crippen LogP contribution is 2.42. The van der Waals surface area contributed by atoms with E-state index in [-0.39, 0.29) is 23.9 Å². The Morgan fingerprint density at radius 2 is 1.62 bits per heavy atom. The lowest BCUT2D eigenvalue weighted by molar-refractivity contribution is -0.120. The number of hydrogen-bond donors (Lipinski definition) is 1. The molecule has 0 spiro atoms. The molecule has 2 N–H and O–H groups in total. The first-order valence-electron chi connectivity index (χ1n) is 13.7. The highest BCUT2D eigenvalue weighted by molar-refractivity contribution is 6.00. The Kier molecular flexibility index (Phi) is 7.98. The van der Waals surface area contributed by atoms with E-state index in [1.807, 2.05) is 84.6 Å². The van der Waals surface area contributed by atoms with Gasteiger partial charge in [0.25, 0.3) is 0 Å². The molecular formula is C32H33N5O3. The normalized spacial score (nSPS) is 12.9. The first-order chi connectivity index (χ1) is 19.4. The molecule has 0 bridgehead atoms. The van der Waals surface area contributed by atoms with E-state index in [0.29, 0.717) is 32.2 Å². The van der Waals surface area contributed by atoms with Crippen molar-refractivity contribution >= 4 is 23.2 Å². The summed E-state index contributed by atoms with van der Waals surface area (Å²) in [5.41, 5.74) is 12.8. The van der Waals surface area contributed by atoms with E-state index in [2.05, 4.69) is 10.3 Å². The molecule has 3 aromatic carbocycles. The summed E-state index contributed by atoms with van der Waals surface area (Å²) < 4.78 is 1.80. The van der Waals surface area contributed by atoms with E-state index < -0.39 is 6.04 Å². The number of benzene rings is 3. The smallest absolute Gasteiger partial charge is 0.227 e. The van der Waals surface area contributed by atoms with Crippen LogP contribution in [0.15, 0.2) is 72.8 Å². The molecule has 2 heterocycles. The molecule has 8 heteroatoms. The second-order valence-electron chi connectivity index (χ2n) is 10.2. The van der Waals surface area contributed by atoms with Gasteiger partial charge in [-0.1, -0.05) is 66.7 Å². The van der Waals surface area contributed by atoms with Crippen molar-refractivity contribution in [3.63, 3.8) is 0 Å². The minimum Gasteiger partial charge on any atom is -0.321 e. The third-order valence-corrected chi connectivity index (χ3v) is 7.42. The van der Waals surface area contributed by atoms with E-state index in [0.717, 1.165) is 45.0 Å². The van der Waals surface area contributed by atoms with Gasteiger partial charge in [-0.15, -0.1) is 5.10 Å². The number of fused-ring (bicyclic) bond motifs is 5. The number of aromatic nitrogens is 3. The molecule has 0 saturated heterocycles. The SMILES string of the molecule is CCC(=O)CCCC(=O)N1Cc2ccccc2-c2nnn(-c3ccc(CC(N)C(C)=O)cc3)c2-c2ccccc21. The number of nitrogens with two attached hydrogens (primary N) is 1. The van der Waals surface area contributed by atoms with E-state index in [4.69, 9.17) is 5.73 Å². The maximum atomic E-state index is 13.6. The molecule has 8 nitrogen and oxygen atoms in total. The minimum absolute atomic E-state index is 0.0280. The van der Waals surface area contributed by atoms with Gasteiger partial charge in [0.1, 0.15) is 23.0 Å². The van der Waals surface area contributed by atoms with E-state index in [9.17, 15) is 14.4 Å². The van der Waals surface area contributed by atoms with Gasteiger partial charge < -0.3 is 10.6 Å². The second kappa shape index (κ2) is 11.8. The first-order valence-corrected chi connectivity index (χ1v) is 13.7. The summed E-state index contributed by atoms with van der Waals surface area (Å²) in [7, 11) is 0. The quantitative estimate of drug-likeness (QED) is 0.321. The summed E-state index contributed by atoms with van der Waals surface area (Å²) in [6.45, 7) is 3.74. The van der Waals surface area contributed by atoms with Crippen LogP contribution in [0, 0.1) is 0 Å². The third-order valence-electron chi connectivity index (χ3n) is 7.42. The van der Waals surface area contributed by atoms with Crippen LogP contribution in [0.25, 0.3) is 28.2 Å². The van der Waals surface area contributed by atoms with Crippen molar-refractivity contribution in [3.05, 3.63) is 83.9 Å². The van der Waals surface area contributed by atoms with Crippen LogP contribution in [0.4, 0.5) is 5.69 Å². The lowest BCUT2D eigenvalue weighted by atomic mass is 9.95. The van der Waals surface area contributed by atoms with Gasteiger partial charge in [0.05, 0.1) is 24.0 Å². The molecule has 204 valence electrons. The summed E-state index contributed by atoms with van der Waals surface area (Å²) in [5.74, 6) is 0.0907. The number of para-hydroxylation sites is 1. The van der Waals surface area contributed by atoms with Crippen LogP contribution in [0.3, 0.4) is 0 Å². The molecule has 1 aliphatic heterocycles. The molecule has 1 amide bonds. The maximum absolute atomic E-state index is 13.6. The fourth-order valence-electron chi connectivity index (χ4n) is 5.08. The van der Waals surface area contributed by atoms with E-state index >= 15 is 0 Å².